The Morgan fingerprint density at radius 1 is 1.42 bits per heavy atom. The van der Waals surface area contributed by atoms with E-state index in [1.165, 1.54) is 6.07 Å². The van der Waals surface area contributed by atoms with Crippen molar-refractivity contribution in [1.82, 2.24) is 9.97 Å². The number of hydrogen-bond acceptors (Lipinski definition) is 2. The molecule has 60 valence electrons. The molecule has 0 saturated heterocycles. The SMILES string of the molecule is O=C(O)c1ccc2c[nH]cc2n1. The van der Waals surface area contributed by atoms with E-state index in [-0.39, 0.29) is 5.69 Å². The molecule has 2 aromatic rings. The van der Waals surface area contributed by atoms with E-state index < -0.39 is 5.97 Å². The van der Waals surface area contributed by atoms with E-state index in [9.17, 15) is 4.79 Å². The van der Waals surface area contributed by atoms with Crippen LogP contribution in [0.5, 0.6) is 0 Å². The number of aromatic carboxylic acids is 1. The molecule has 0 bridgehead atoms. The summed E-state index contributed by atoms with van der Waals surface area (Å²) in [7, 11) is 0. The fourth-order valence-corrected chi connectivity index (χ4v) is 1.05. The smallest absolute Gasteiger partial charge is 0.354 e. The third kappa shape index (κ3) is 0.934. The van der Waals surface area contributed by atoms with E-state index in [1.807, 2.05) is 0 Å². The first kappa shape index (κ1) is 6.84. The standard InChI is InChI=1S/C8H6N2O2/c11-8(12)6-2-1-5-3-9-4-7(5)10-6/h1-4,9H,(H,11,12). The zero-order valence-corrected chi connectivity index (χ0v) is 6.11. The van der Waals surface area contributed by atoms with Gasteiger partial charge in [-0.2, -0.15) is 0 Å². The number of nitrogens with zero attached hydrogens (tertiary/aromatic N) is 1. The number of nitrogens with one attached hydrogen (secondary N) is 1. The van der Waals surface area contributed by atoms with Gasteiger partial charge in [0.1, 0.15) is 5.69 Å². The van der Waals surface area contributed by atoms with Crippen LogP contribution < -0.4 is 0 Å². The normalized spacial score (nSPS) is 10.3. The van der Waals surface area contributed by atoms with Crippen LogP contribution in [0, 0.1) is 0 Å². The number of hydrogen-bond donors (Lipinski definition) is 2. The van der Waals surface area contributed by atoms with Gasteiger partial charge in [-0.25, -0.2) is 9.78 Å². The molecule has 0 atom stereocenters. The average molecular weight is 162 g/mol. The molecule has 0 aliphatic rings. The van der Waals surface area contributed by atoms with Gasteiger partial charge < -0.3 is 10.1 Å². The van der Waals surface area contributed by atoms with E-state index in [0.29, 0.717) is 5.52 Å². The maximum absolute atomic E-state index is 10.5. The zero-order chi connectivity index (χ0) is 8.55. The Kier molecular flexibility index (Phi) is 1.33. The second kappa shape index (κ2) is 2.34. The molecule has 0 saturated carbocycles. The van der Waals surface area contributed by atoms with Crippen molar-refractivity contribution in [3.63, 3.8) is 0 Å². The third-order valence-corrected chi connectivity index (χ3v) is 1.64. The van der Waals surface area contributed by atoms with Crippen LogP contribution in [0.15, 0.2) is 24.5 Å². The summed E-state index contributed by atoms with van der Waals surface area (Å²) < 4.78 is 0. The number of H-pyrrole nitrogens is 1. The van der Waals surface area contributed by atoms with Gasteiger partial charge in [-0.1, -0.05) is 0 Å². The maximum atomic E-state index is 10.5. The van der Waals surface area contributed by atoms with Crippen LogP contribution in [0.2, 0.25) is 0 Å². The second-order valence-electron chi connectivity index (χ2n) is 2.43. The van der Waals surface area contributed by atoms with E-state index in [2.05, 4.69) is 9.97 Å². The number of pyridine rings is 1. The van der Waals surface area contributed by atoms with Gasteiger partial charge in [-0.15, -0.1) is 0 Å². The maximum Gasteiger partial charge on any atom is 0.354 e. The Morgan fingerprint density at radius 3 is 3.00 bits per heavy atom. The van der Waals surface area contributed by atoms with Gasteiger partial charge in [0.2, 0.25) is 0 Å². The van der Waals surface area contributed by atoms with E-state index in [1.54, 1.807) is 18.5 Å². The lowest BCUT2D eigenvalue weighted by molar-refractivity contribution is 0.0691. The van der Waals surface area contributed by atoms with Crippen LogP contribution >= 0.6 is 0 Å². The minimum Gasteiger partial charge on any atom is -0.477 e. The van der Waals surface area contributed by atoms with Crippen LogP contribution in [0.4, 0.5) is 0 Å². The minimum atomic E-state index is -1.00. The summed E-state index contributed by atoms with van der Waals surface area (Å²) >= 11 is 0. The summed E-state index contributed by atoms with van der Waals surface area (Å²) in [5.41, 5.74) is 0.747. The van der Waals surface area contributed by atoms with E-state index in [0.717, 1.165) is 5.39 Å². The van der Waals surface area contributed by atoms with Crippen molar-refractivity contribution in [1.29, 1.82) is 0 Å². The van der Waals surface area contributed by atoms with Crippen molar-refractivity contribution >= 4 is 16.9 Å². The quantitative estimate of drug-likeness (QED) is 0.663. The molecule has 12 heavy (non-hydrogen) atoms. The molecule has 0 amide bonds. The average Bonchev–Trinajstić information content (AvgIpc) is 2.49. The molecular formula is C8H6N2O2. The Bertz CT molecular complexity index is 433. The fourth-order valence-electron chi connectivity index (χ4n) is 1.05. The van der Waals surface area contributed by atoms with Crippen LogP contribution in [0.25, 0.3) is 10.9 Å². The molecule has 2 heterocycles. The molecule has 2 rings (SSSR count). The highest BCUT2D eigenvalue weighted by molar-refractivity contribution is 5.89. The molecule has 0 unspecified atom stereocenters. The molecule has 0 aliphatic heterocycles. The molecule has 2 N–H and O–H groups in total. The lowest BCUT2D eigenvalue weighted by Gasteiger charge is -1.91. The molecule has 0 aromatic carbocycles. The second-order valence-corrected chi connectivity index (χ2v) is 2.43. The topological polar surface area (TPSA) is 66.0 Å². The minimum absolute atomic E-state index is 0.0714. The van der Waals surface area contributed by atoms with Crippen molar-refractivity contribution in [3.8, 4) is 0 Å². The predicted octanol–water partition coefficient (Wildman–Crippen LogP) is 1.26. The van der Waals surface area contributed by atoms with Crippen molar-refractivity contribution < 1.29 is 9.90 Å². The van der Waals surface area contributed by atoms with Crippen LogP contribution in [-0.2, 0) is 0 Å². The van der Waals surface area contributed by atoms with E-state index >= 15 is 0 Å². The van der Waals surface area contributed by atoms with Gasteiger partial charge in [0.15, 0.2) is 0 Å². The first-order valence-electron chi connectivity index (χ1n) is 3.44. The van der Waals surface area contributed by atoms with Gasteiger partial charge in [-0.05, 0) is 12.1 Å². The number of carbonyl (C=O) groups is 1. The number of fused-ring (bicyclic) bond motifs is 1. The number of carboxylic acids is 1. The largest absolute Gasteiger partial charge is 0.477 e. The molecule has 2 aromatic heterocycles. The summed E-state index contributed by atoms with van der Waals surface area (Å²) in [6.07, 6.45) is 3.44. The number of aromatic amines is 1. The zero-order valence-electron chi connectivity index (χ0n) is 6.11. The van der Waals surface area contributed by atoms with Gasteiger partial charge in [0.25, 0.3) is 0 Å². The van der Waals surface area contributed by atoms with Gasteiger partial charge >= 0.3 is 5.97 Å². The number of aromatic nitrogens is 2. The van der Waals surface area contributed by atoms with Crippen molar-refractivity contribution in [2.75, 3.05) is 0 Å². The van der Waals surface area contributed by atoms with Crippen LogP contribution in [0.1, 0.15) is 10.5 Å². The van der Waals surface area contributed by atoms with Crippen molar-refractivity contribution in [3.05, 3.63) is 30.2 Å². The van der Waals surface area contributed by atoms with Crippen LogP contribution in [0.3, 0.4) is 0 Å². The van der Waals surface area contributed by atoms with Crippen LogP contribution in [-0.4, -0.2) is 21.0 Å². The molecule has 0 aliphatic carbocycles. The Morgan fingerprint density at radius 2 is 2.25 bits per heavy atom. The lowest BCUT2D eigenvalue weighted by atomic mass is 10.3. The highest BCUT2D eigenvalue weighted by Gasteiger charge is 2.04. The summed E-state index contributed by atoms with van der Waals surface area (Å²) in [6, 6.07) is 3.21. The van der Waals surface area contributed by atoms with Gasteiger partial charge in [0.05, 0.1) is 5.52 Å². The number of carboxylic acid groups (broad SMARTS) is 1. The first-order chi connectivity index (χ1) is 5.77. The summed E-state index contributed by atoms with van der Waals surface area (Å²) in [4.78, 5) is 17.2. The molecule has 4 heteroatoms. The first-order valence-corrected chi connectivity index (χ1v) is 3.44. The number of rotatable bonds is 1. The molecular weight excluding hydrogens is 156 g/mol. The Hall–Kier alpha value is -1.84. The fraction of sp³-hybridized carbons (Fsp3) is 0. The molecule has 0 radical (unpaired) electrons. The van der Waals surface area contributed by atoms with E-state index in [4.69, 9.17) is 5.11 Å². The lowest BCUT2D eigenvalue weighted by Crippen LogP contribution is -1.98. The van der Waals surface area contributed by atoms with Gasteiger partial charge in [-0.3, -0.25) is 0 Å². The summed E-state index contributed by atoms with van der Waals surface area (Å²) in [5, 5.41) is 9.53. The van der Waals surface area contributed by atoms with Gasteiger partial charge in [0, 0.05) is 17.8 Å². The monoisotopic (exact) mass is 162 g/mol. The van der Waals surface area contributed by atoms with Crippen molar-refractivity contribution in [2.45, 2.75) is 0 Å². The Balaban J connectivity index is 2.68. The summed E-state index contributed by atoms with van der Waals surface area (Å²) in [5.74, 6) is -1.00. The molecule has 4 nitrogen and oxygen atoms in total. The third-order valence-electron chi connectivity index (χ3n) is 1.64. The summed E-state index contributed by atoms with van der Waals surface area (Å²) in [6.45, 7) is 0. The molecule has 0 fully saturated rings. The molecule has 0 spiro atoms. The highest BCUT2D eigenvalue weighted by Crippen LogP contribution is 2.10. The van der Waals surface area contributed by atoms with Crippen molar-refractivity contribution in [2.24, 2.45) is 0 Å². The highest BCUT2D eigenvalue weighted by atomic mass is 16.4. The predicted molar refractivity (Wildman–Crippen MR) is 43.1 cm³/mol. The Labute approximate surface area is 67.9 Å².